The van der Waals surface area contributed by atoms with Gasteiger partial charge < -0.3 is 4.74 Å². The fraction of sp³-hybridized carbons (Fsp3) is 0.800. The lowest BCUT2D eigenvalue weighted by Crippen LogP contribution is -2.25. The maximum atomic E-state index is 11.8. The number of esters is 1. The zero-order chi connectivity index (χ0) is 8.65. The number of carbonyl (C=O) groups excluding carboxylic acids is 1. The topological polar surface area (TPSA) is 26.3 Å². The second kappa shape index (κ2) is 2.58. The molecule has 0 aromatic rings. The van der Waals surface area contributed by atoms with Gasteiger partial charge in [0.25, 0.3) is 0 Å². The van der Waals surface area contributed by atoms with E-state index in [9.17, 15) is 18.0 Å². The molecule has 1 saturated heterocycles. The van der Waals surface area contributed by atoms with E-state index in [0.29, 0.717) is 11.8 Å². The molecule has 0 aromatic heterocycles. The molecular formula is C5H5F3O2S. The Bertz CT molecular complexity index is 179. The lowest BCUT2D eigenvalue weighted by Gasteiger charge is -2.11. The summed E-state index contributed by atoms with van der Waals surface area (Å²) in [7, 11) is 0. The van der Waals surface area contributed by atoms with Crippen LogP contribution >= 0.6 is 11.8 Å². The quantitative estimate of drug-likeness (QED) is 0.537. The molecule has 0 aliphatic carbocycles. The van der Waals surface area contributed by atoms with Gasteiger partial charge in [-0.15, -0.1) is 0 Å². The first-order chi connectivity index (χ1) is 4.91. The summed E-state index contributed by atoms with van der Waals surface area (Å²) in [6.45, 7) is 1.39. The standard InChI is InChI=1S/C5H5F3O2S/c1-2-3(9)10-4(11-2)5(6,7)8/h2,4H,1H3. The van der Waals surface area contributed by atoms with Crippen molar-refractivity contribution in [1.29, 1.82) is 0 Å². The molecule has 2 atom stereocenters. The predicted octanol–water partition coefficient (Wildman–Crippen LogP) is 1.55. The third-order valence-corrected chi connectivity index (χ3v) is 2.36. The maximum absolute atomic E-state index is 11.8. The van der Waals surface area contributed by atoms with Gasteiger partial charge >= 0.3 is 12.1 Å². The Labute approximate surface area is 65.1 Å². The van der Waals surface area contributed by atoms with Gasteiger partial charge in [0, 0.05) is 0 Å². The highest BCUT2D eigenvalue weighted by molar-refractivity contribution is 8.01. The number of thioether (sulfide) groups is 1. The highest BCUT2D eigenvalue weighted by Gasteiger charge is 2.49. The van der Waals surface area contributed by atoms with Crippen LogP contribution in [0.15, 0.2) is 0 Å². The van der Waals surface area contributed by atoms with Crippen molar-refractivity contribution >= 4 is 17.7 Å². The second-order valence-corrected chi connectivity index (χ2v) is 3.50. The van der Waals surface area contributed by atoms with Crippen molar-refractivity contribution in [2.24, 2.45) is 0 Å². The summed E-state index contributed by atoms with van der Waals surface area (Å²) < 4.78 is 39.5. The Kier molecular flexibility index (Phi) is 2.04. The van der Waals surface area contributed by atoms with Crippen molar-refractivity contribution in [2.45, 2.75) is 23.8 Å². The molecule has 1 fully saturated rings. The van der Waals surface area contributed by atoms with Crippen LogP contribution < -0.4 is 0 Å². The average molecular weight is 186 g/mol. The minimum Gasteiger partial charge on any atom is -0.441 e. The number of hydrogen-bond acceptors (Lipinski definition) is 3. The molecule has 2 nitrogen and oxygen atoms in total. The van der Waals surface area contributed by atoms with E-state index in [1.54, 1.807) is 0 Å². The number of hydrogen-bond donors (Lipinski definition) is 0. The first-order valence-corrected chi connectivity index (χ1v) is 3.78. The number of rotatable bonds is 0. The molecule has 0 spiro atoms. The van der Waals surface area contributed by atoms with Gasteiger partial charge in [-0.1, -0.05) is 11.8 Å². The summed E-state index contributed by atoms with van der Waals surface area (Å²) in [6, 6.07) is 0. The Hall–Kier alpha value is -0.390. The highest BCUT2D eigenvalue weighted by atomic mass is 32.2. The Morgan fingerprint density at radius 1 is 1.55 bits per heavy atom. The fourth-order valence-corrected chi connectivity index (χ4v) is 1.46. The van der Waals surface area contributed by atoms with Crippen LogP contribution in [0.3, 0.4) is 0 Å². The van der Waals surface area contributed by atoms with Crippen LogP contribution in [0.25, 0.3) is 0 Å². The number of halogens is 3. The van der Waals surface area contributed by atoms with Crippen molar-refractivity contribution in [3.63, 3.8) is 0 Å². The molecule has 1 aliphatic rings. The molecule has 0 saturated carbocycles. The van der Waals surface area contributed by atoms with Crippen molar-refractivity contribution < 1.29 is 22.7 Å². The Balaban J connectivity index is 2.61. The van der Waals surface area contributed by atoms with Crippen molar-refractivity contribution in [1.82, 2.24) is 0 Å². The third kappa shape index (κ3) is 1.79. The molecule has 0 amide bonds. The first kappa shape index (κ1) is 8.70. The molecule has 0 N–H and O–H groups in total. The zero-order valence-corrected chi connectivity index (χ0v) is 6.33. The lowest BCUT2D eigenvalue weighted by atomic mass is 10.5. The molecule has 1 rings (SSSR count). The van der Waals surface area contributed by atoms with Crippen LogP contribution in [0.5, 0.6) is 0 Å². The van der Waals surface area contributed by atoms with Crippen molar-refractivity contribution in [2.75, 3.05) is 0 Å². The van der Waals surface area contributed by atoms with Crippen LogP contribution in [-0.4, -0.2) is 22.8 Å². The van der Waals surface area contributed by atoms with Gasteiger partial charge in [0.2, 0.25) is 5.44 Å². The van der Waals surface area contributed by atoms with E-state index >= 15 is 0 Å². The van der Waals surface area contributed by atoms with Gasteiger partial charge in [0.15, 0.2) is 0 Å². The maximum Gasteiger partial charge on any atom is 0.435 e. The van der Waals surface area contributed by atoms with E-state index in [1.165, 1.54) is 6.92 Å². The molecule has 6 heteroatoms. The third-order valence-electron chi connectivity index (χ3n) is 1.15. The van der Waals surface area contributed by atoms with Gasteiger partial charge in [0.1, 0.15) is 5.25 Å². The second-order valence-electron chi connectivity index (χ2n) is 2.09. The summed E-state index contributed by atoms with van der Waals surface area (Å²) >= 11 is 0.484. The number of carbonyl (C=O) groups is 1. The van der Waals surface area contributed by atoms with Crippen LogP contribution in [0.2, 0.25) is 0 Å². The van der Waals surface area contributed by atoms with Crippen LogP contribution in [-0.2, 0) is 9.53 Å². The highest BCUT2D eigenvalue weighted by Crippen LogP contribution is 2.38. The van der Waals surface area contributed by atoms with Gasteiger partial charge in [-0.3, -0.25) is 4.79 Å². The zero-order valence-electron chi connectivity index (χ0n) is 5.51. The van der Waals surface area contributed by atoms with E-state index in [-0.39, 0.29) is 0 Å². The monoisotopic (exact) mass is 186 g/mol. The predicted molar refractivity (Wildman–Crippen MR) is 33.0 cm³/mol. The summed E-state index contributed by atoms with van der Waals surface area (Å²) in [4.78, 5) is 10.5. The molecule has 0 bridgehead atoms. The summed E-state index contributed by atoms with van der Waals surface area (Å²) in [6.07, 6.45) is -4.44. The first-order valence-electron chi connectivity index (χ1n) is 2.84. The SMILES string of the molecule is CC1SC(C(F)(F)F)OC1=O. The molecule has 0 radical (unpaired) electrons. The van der Waals surface area contributed by atoms with Gasteiger partial charge in [0.05, 0.1) is 0 Å². The van der Waals surface area contributed by atoms with Crippen molar-refractivity contribution in [3.8, 4) is 0 Å². The molecule has 1 aliphatic heterocycles. The van der Waals surface area contributed by atoms with Gasteiger partial charge in [-0.25, -0.2) is 0 Å². The van der Waals surface area contributed by atoms with E-state index < -0.39 is 22.8 Å². The van der Waals surface area contributed by atoms with Gasteiger partial charge in [-0.2, -0.15) is 13.2 Å². The smallest absolute Gasteiger partial charge is 0.435 e. The molecule has 64 valence electrons. The average Bonchev–Trinajstić information content (AvgIpc) is 2.11. The normalized spacial score (nSPS) is 32.2. The Morgan fingerprint density at radius 3 is 2.27 bits per heavy atom. The minimum absolute atomic E-state index is 0.484. The molecule has 1 heterocycles. The summed E-state index contributed by atoms with van der Waals surface area (Å²) in [5.74, 6) is -0.794. The van der Waals surface area contributed by atoms with E-state index in [4.69, 9.17) is 0 Å². The van der Waals surface area contributed by atoms with Crippen LogP contribution in [0.1, 0.15) is 6.92 Å². The molecule has 11 heavy (non-hydrogen) atoms. The van der Waals surface area contributed by atoms with Gasteiger partial charge in [-0.05, 0) is 6.92 Å². The van der Waals surface area contributed by atoms with Crippen LogP contribution in [0, 0.1) is 0 Å². The Morgan fingerprint density at radius 2 is 2.09 bits per heavy atom. The van der Waals surface area contributed by atoms with E-state index in [1.807, 2.05) is 0 Å². The largest absolute Gasteiger partial charge is 0.441 e. The minimum atomic E-state index is -4.44. The van der Waals surface area contributed by atoms with E-state index in [0.717, 1.165) is 0 Å². The molecule has 2 unspecified atom stereocenters. The number of ether oxygens (including phenoxy) is 1. The molecule has 0 aromatic carbocycles. The summed E-state index contributed by atoms with van der Waals surface area (Å²) in [5.41, 5.74) is -1.97. The lowest BCUT2D eigenvalue weighted by molar-refractivity contribution is -0.192. The van der Waals surface area contributed by atoms with E-state index in [2.05, 4.69) is 4.74 Å². The van der Waals surface area contributed by atoms with Crippen LogP contribution in [0.4, 0.5) is 13.2 Å². The number of cyclic esters (lactones) is 1. The van der Waals surface area contributed by atoms with Crippen molar-refractivity contribution in [3.05, 3.63) is 0 Å². The fourth-order valence-electron chi connectivity index (χ4n) is 0.614. The number of alkyl halides is 3. The summed E-state index contributed by atoms with van der Waals surface area (Å²) in [5, 5.41) is -0.707. The molecular weight excluding hydrogens is 181 g/mol.